The van der Waals surface area contributed by atoms with Crippen LogP contribution in [-0.2, 0) is 4.79 Å². The minimum Gasteiger partial charge on any atom is -0.478 e. The topological polar surface area (TPSA) is 103 Å². The lowest BCUT2D eigenvalue weighted by atomic mass is 10.0. The SMILES string of the molecule is Cc1cc(C(=O)O)ccc1-c1ccc(/C=C(/C#N)C(=O)Nc2ccc(Br)cc2)o1. The summed E-state index contributed by atoms with van der Waals surface area (Å²) in [7, 11) is 0. The largest absolute Gasteiger partial charge is 0.478 e. The molecule has 0 atom stereocenters. The number of carboxylic acid groups (broad SMARTS) is 1. The number of carbonyl (C=O) groups is 2. The lowest BCUT2D eigenvalue weighted by molar-refractivity contribution is -0.112. The van der Waals surface area contributed by atoms with Gasteiger partial charge in [-0.1, -0.05) is 22.0 Å². The molecule has 0 radical (unpaired) electrons. The van der Waals surface area contributed by atoms with E-state index in [9.17, 15) is 14.9 Å². The molecular formula is C22H15BrN2O4. The number of aromatic carboxylic acids is 1. The van der Waals surface area contributed by atoms with E-state index in [-0.39, 0.29) is 11.1 Å². The van der Waals surface area contributed by atoms with Crippen molar-refractivity contribution in [3.05, 3.63) is 81.5 Å². The third-order valence-corrected chi connectivity index (χ3v) is 4.65. The fourth-order valence-electron chi connectivity index (χ4n) is 2.67. The maximum Gasteiger partial charge on any atom is 0.335 e. The zero-order valence-electron chi connectivity index (χ0n) is 15.3. The molecule has 0 aliphatic heterocycles. The molecule has 1 heterocycles. The third-order valence-electron chi connectivity index (χ3n) is 4.12. The molecule has 2 N–H and O–H groups in total. The minimum atomic E-state index is -1.00. The zero-order valence-corrected chi connectivity index (χ0v) is 16.9. The Kier molecular flexibility index (Phi) is 5.96. The van der Waals surface area contributed by atoms with Crippen molar-refractivity contribution in [2.24, 2.45) is 0 Å². The number of aryl methyl sites for hydroxylation is 1. The molecule has 1 aromatic heterocycles. The van der Waals surface area contributed by atoms with Crippen molar-refractivity contribution >= 4 is 39.6 Å². The summed E-state index contributed by atoms with van der Waals surface area (Å²) >= 11 is 3.32. The summed E-state index contributed by atoms with van der Waals surface area (Å²) in [6.07, 6.45) is 1.36. The van der Waals surface area contributed by atoms with Crippen LogP contribution in [0.4, 0.5) is 5.69 Å². The van der Waals surface area contributed by atoms with Crippen LogP contribution in [0.25, 0.3) is 17.4 Å². The molecule has 0 bridgehead atoms. The van der Waals surface area contributed by atoms with E-state index >= 15 is 0 Å². The highest BCUT2D eigenvalue weighted by atomic mass is 79.9. The quantitative estimate of drug-likeness (QED) is 0.407. The fourth-order valence-corrected chi connectivity index (χ4v) is 2.94. The molecule has 0 unspecified atom stereocenters. The zero-order chi connectivity index (χ0) is 21.0. The first-order chi connectivity index (χ1) is 13.9. The molecule has 3 aromatic rings. The van der Waals surface area contributed by atoms with Crippen molar-refractivity contribution in [3.63, 3.8) is 0 Å². The molecule has 6 nitrogen and oxygen atoms in total. The van der Waals surface area contributed by atoms with E-state index in [1.54, 1.807) is 55.5 Å². The monoisotopic (exact) mass is 450 g/mol. The maximum absolute atomic E-state index is 12.4. The number of benzene rings is 2. The first-order valence-corrected chi connectivity index (χ1v) is 9.29. The van der Waals surface area contributed by atoms with Crippen LogP contribution in [0, 0.1) is 18.3 Å². The molecule has 0 spiro atoms. The Morgan fingerprint density at radius 3 is 2.48 bits per heavy atom. The normalized spacial score (nSPS) is 11.0. The summed E-state index contributed by atoms with van der Waals surface area (Å²) in [4.78, 5) is 23.4. The van der Waals surface area contributed by atoms with Crippen LogP contribution in [0.1, 0.15) is 21.7 Å². The molecule has 2 aromatic carbocycles. The van der Waals surface area contributed by atoms with Gasteiger partial charge in [0, 0.05) is 21.8 Å². The molecule has 0 saturated heterocycles. The summed E-state index contributed by atoms with van der Waals surface area (Å²) in [5.41, 5.74) is 2.12. The van der Waals surface area contributed by atoms with Gasteiger partial charge < -0.3 is 14.8 Å². The molecule has 0 aliphatic rings. The maximum atomic E-state index is 12.4. The number of furan rings is 1. The molecule has 0 saturated carbocycles. The van der Waals surface area contributed by atoms with Crippen molar-refractivity contribution in [1.82, 2.24) is 0 Å². The van der Waals surface area contributed by atoms with Gasteiger partial charge in [-0.05, 0) is 61.0 Å². The van der Waals surface area contributed by atoms with E-state index in [4.69, 9.17) is 9.52 Å². The predicted octanol–water partition coefficient (Wildman–Crippen LogP) is 5.26. The highest BCUT2D eigenvalue weighted by Crippen LogP contribution is 2.27. The van der Waals surface area contributed by atoms with Crippen LogP contribution in [0.15, 0.2) is 69.1 Å². The van der Waals surface area contributed by atoms with Crippen molar-refractivity contribution in [2.75, 3.05) is 5.32 Å². The van der Waals surface area contributed by atoms with Crippen LogP contribution >= 0.6 is 15.9 Å². The second-order valence-corrected chi connectivity index (χ2v) is 7.08. The number of anilines is 1. The number of hydrogen-bond acceptors (Lipinski definition) is 4. The van der Waals surface area contributed by atoms with E-state index in [1.807, 2.05) is 6.07 Å². The average molecular weight is 451 g/mol. The Morgan fingerprint density at radius 1 is 1.14 bits per heavy atom. The van der Waals surface area contributed by atoms with Crippen LogP contribution < -0.4 is 5.32 Å². The van der Waals surface area contributed by atoms with Crippen molar-refractivity contribution < 1.29 is 19.1 Å². The number of carbonyl (C=O) groups excluding carboxylic acids is 1. The summed E-state index contributed by atoms with van der Waals surface area (Å²) in [6.45, 7) is 1.78. The Morgan fingerprint density at radius 2 is 1.86 bits per heavy atom. The number of rotatable bonds is 5. The van der Waals surface area contributed by atoms with Gasteiger partial charge in [-0.25, -0.2) is 4.79 Å². The second kappa shape index (κ2) is 8.59. The molecular weight excluding hydrogens is 436 g/mol. The van der Waals surface area contributed by atoms with Gasteiger partial charge in [0.25, 0.3) is 5.91 Å². The van der Waals surface area contributed by atoms with Gasteiger partial charge in [-0.2, -0.15) is 5.26 Å². The third kappa shape index (κ3) is 4.81. The lowest BCUT2D eigenvalue weighted by Crippen LogP contribution is -2.13. The van der Waals surface area contributed by atoms with Gasteiger partial charge in [0.05, 0.1) is 5.56 Å². The highest BCUT2D eigenvalue weighted by molar-refractivity contribution is 9.10. The molecule has 1 amide bonds. The summed E-state index contributed by atoms with van der Waals surface area (Å²) < 4.78 is 6.61. The summed E-state index contributed by atoms with van der Waals surface area (Å²) in [5.74, 6) is -0.701. The summed E-state index contributed by atoms with van der Waals surface area (Å²) in [5, 5.41) is 21.1. The van der Waals surface area contributed by atoms with Crippen LogP contribution in [0.2, 0.25) is 0 Å². The highest BCUT2D eigenvalue weighted by Gasteiger charge is 2.13. The van der Waals surface area contributed by atoms with Crippen LogP contribution in [-0.4, -0.2) is 17.0 Å². The van der Waals surface area contributed by atoms with Crippen molar-refractivity contribution in [3.8, 4) is 17.4 Å². The van der Waals surface area contributed by atoms with Gasteiger partial charge in [0.2, 0.25) is 0 Å². The molecule has 7 heteroatoms. The number of halogens is 1. The molecule has 0 aliphatic carbocycles. The standard InChI is InChI=1S/C22H15BrN2O4/c1-13-10-14(22(27)28)2-8-19(13)20-9-7-18(29-20)11-15(12-24)21(26)25-17-5-3-16(23)4-6-17/h2-11H,1H3,(H,25,26)(H,27,28)/b15-11-. The smallest absolute Gasteiger partial charge is 0.335 e. The van der Waals surface area contributed by atoms with Gasteiger partial charge in [0.1, 0.15) is 23.2 Å². The Balaban J connectivity index is 1.82. The van der Waals surface area contributed by atoms with Crippen molar-refractivity contribution in [1.29, 1.82) is 5.26 Å². The molecule has 144 valence electrons. The number of nitriles is 1. The van der Waals surface area contributed by atoms with Crippen LogP contribution in [0.5, 0.6) is 0 Å². The van der Waals surface area contributed by atoms with Gasteiger partial charge in [0.15, 0.2) is 0 Å². The van der Waals surface area contributed by atoms with E-state index in [2.05, 4.69) is 21.2 Å². The van der Waals surface area contributed by atoms with Crippen LogP contribution in [0.3, 0.4) is 0 Å². The predicted molar refractivity (Wildman–Crippen MR) is 112 cm³/mol. The molecule has 29 heavy (non-hydrogen) atoms. The number of amides is 1. The summed E-state index contributed by atoms with van der Waals surface area (Å²) in [6, 6.07) is 16.9. The second-order valence-electron chi connectivity index (χ2n) is 6.17. The van der Waals surface area contributed by atoms with E-state index in [0.29, 0.717) is 17.2 Å². The Bertz CT molecular complexity index is 1150. The number of hydrogen-bond donors (Lipinski definition) is 2. The number of nitrogens with zero attached hydrogens (tertiary/aromatic N) is 1. The van der Waals surface area contributed by atoms with Gasteiger partial charge in [-0.15, -0.1) is 0 Å². The lowest BCUT2D eigenvalue weighted by Gasteiger charge is -2.04. The van der Waals surface area contributed by atoms with Gasteiger partial charge >= 0.3 is 5.97 Å². The van der Waals surface area contributed by atoms with E-state index in [0.717, 1.165) is 15.6 Å². The van der Waals surface area contributed by atoms with Crippen molar-refractivity contribution in [2.45, 2.75) is 6.92 Å². The fraction of sp³-hybridized carbons (Fsp3) is 0.0455. The average Bonchev–Trinajstić information content (AvgIpc) is 3.16. The first kappa shape index (κ1) is 20.1. The Labute approximate surface area is 175 Å². The number of carboxylic acids is 1. The minimum absolute atomic E-state index is 0.105. The molecule has 3 rings (SSSR count). The Hall–Kier alpha value is -3.63. The van der Waals surface area contributed by atoms with Gasteiger partial charge in [-0.3, -0.25) is 4.79 Å². The van der Waals surface area contributed by atoms with E-state index in [1.165, 1.54) is 12.1 Å². The van der Waals surface area contributed by atoms with E-state index < -0.39 is 11.9 Å². The number of nitrogens with one attached hydrogen (secondary N) is 1. The molecule has 0 fully saturated rings. The first-order valence-electron chi connectivity index (χ1n) is 8.50.